The summed E-state index contributed by atoms with van der Waals surface area (Å²) in [6.07, 6.45) is 1.92. The van der Waals surface area contributed by atoms with Crippen molar-refractivity contribution >= 4 is 34.7 Å². The fourth-order valence-corrected chi connectivity index (χ4v) is 3.00. The van der Waals surface area contributed by atoms with Crippen molar-refractivity contribution in [2.75, 3.05) is 0 Å². The van der Waals surface area contributed by atoms with Crippen LogP contribution in [0.3, 0.4) is 0 Å². The van der Waals surface area contributed by atoms with E-state index in [1.807, 2.05) is 24.3 Å². The second-order valence-electron chi connectivity index (χ2n) is 4.19. The smallest absolute Gasteiger partial charge is 0.259 e. The second kappa shape index (κ2) is 3.54. The molecule has 2 unspecified atom stereocenters. The Hall–Kier alpha value is -0.930. The normalized spacial score (nSPS) is 27.9. The number of fused-ring (bicyclic) bond motifs is 1. The number of alkyl halides is 1. The third-order valence-corrected chi connectivity index (χ3v) is 4.24. The number of carbonyl (C=O) groups is 1. The Morgan fingerprint density at radius 2 is 1.94 bits per heavy atom. The zero-order chi connectivity index (χ0) is 11.3. The average molecular weight is 252 g/mol. The molecule has 1 fully saturated rings. The van der Waals surface area contributed by atoms with Crippen LogP contribution in [0.4, 0.5) is 0 Å². The molecule has 2 atom stereocenters. The van der Waals surface area contributed by atoms with Crippen molar-refractivity contribution in [3.63, 3.8) is 0 Å². The lowest BCUT2D eigenvalue weighted by Crippen LogP contribution is -2.50. The van der Waals surface area contributed by atoms with Crippen molar-refractivity contribution in [1.29, 1.82) is 0 Å². The van der Waals surface area contributed by atoms with Crippen LogP contribution in [0, 0.1) is 0 Å². The van der Waals surface area contributed by atoms with Gasteiger partial charge in [0.1, 0.15) is 4.99 Å². The molecule has 1 amide bonds. The maximum absolute atomic E-state index is 12.2. The number of amides is 1. The summed E-state index contributed by atoms with van der Waals surface area (Å²) < 4.78 is 0. The molecule has 0 radical (unpaired) electrons. The topological polar surface area (TPSA) is 20.3 Å². The van der Waals surface area contributed by atoms with Crippen molar-refractivity contribution in [3.05, 3.63) is 35.4 Å². The van der Waals surface area contributed by atoms with Crippen LogP contribution in [-0.2, 0) is 0 Å². The number of hydrogen-bond acceptors (Lipinski definition) is 2. The third-order valence-electron chi connectivity index (χ3n) is 3.31. The van der Waals surface area contributed by atoms with E-state index in [1.165, 1.54) is 0 Å². The largest absolute Gasteiger partial charge is 0.294 e. The summed E-state index contributed by atoms with van der Waals surface area (Å²) in [7, 11) is 0. The highest BCUT2D eigenvalue weighted by molar-refractivity contribution is 7.80. The first kappa shape index (κ1) is 10.2. The second-order valence-corrected chi connectivity index (χ2v) is 5.13. The van der Waals surface area contributed by atoms with Crippen LogP contribution in [-0.4, -0.2) is 27.2 Å². The average Bonchev–Trinajstić information content (AvgIpc) is 2.54. The summed E-state index contributed by atoms with van der Waals surface area (Å²) in [6.45, 7) is 0. The Balaban J connectivity index is 2.01. The molecule has 0 bridgehead atoms. The maximum atomic E-state index is 12.2. The van der Waals surface area contributed by atoms with Gasteiger partial charge in [-0.1, -0.05) is 30.4 Å². The molecule has 0 aromatic heterocycles. The lowest BCUT2D eigenvalue weighted by Gasteiger charge is -2.38. The Labute approximate surface area is 104 Å². The van der Waals surface area contributed by atoms with Gasteiger partial charge in [-0.2, -0.15) is 0 Å². The van der Waals surface area contributed by atoms with E-state index in [0.29, 0.717) is 10.6 Å². The van der Waals surface area contributed by atoms with E-state index in [4.69, 9.17) is 23.8 Å². The molecule has 4 heteroatoms. The van der Waals surface area contributed by atoms with Crippen molar-refractivity contribution in [2.45, 2.75) is 24.3 Å². The van der Waals surface area contributed by atoms with E-state index in [-0.39, 0.29) is 17.3 Å². The molecule has 16 heavy (non-hydrogen) atoms. The molecule has 1 aliphatic carbocycles. The highest BCUT2D eigenvalue weighted by Crippen LogP contribution is 2.36. The number of rotatable bonds is 1. The Morgan fingerprint density at radius 1 is 1.25 bits per heavy atom. The minimum absolute atomic E-state index is 0.0101. The maximum Gasteiger partial charge on any atom is 0.259 e. The van der Waals surface area contributed by atoms with E-state index in [2.05, 4.69) is 0 Å². The van der Waals surface area contributed by atoms with Crippen molar-refractivity contribution in [2.24, 2.45) is 0 Å². The molecule has 2 nitrogen and oxygen atoms in total. The van der Waals surface area contributed by atoms with Gasteiger partial charge in [-0.05, 0) is 18.9 Å². The van der Waals surface area contributed by atoms with E-state index < -0.39 is 0 Å². The monoisotopic (exact) mass is 251 g/mol. The molecule has 1 heterocycles. The van der Waals surface area contributed by atoms with Crippen LogP contribution in [0.25, 0.3) is 0 Å². The van der Waals surface area contributed by atoms with Gasteiger partial charge in [0.15, 0.2) is 0 Å². The SMILES string of the molecule is O=C1c2ccccc2C(=S)N1C1CCC1Cl. The van der Waals surface area contributed by atoms with Crippen LogP contribution >= 0.6 is 23.8 Å². The quantitative estimate of drug-likeness (QED) is 0.565. The molecule has 82 valence electrons. The number of carbonyl (C=O) groups excluding carboxylic acids is 1. The number of benzene rings is 1. The molecule has 0 spiro atoms. The molecular weight excluding hydrogens is 242 g/mol. The van der Waals surface area contributed by atoms with Gasteiger partial charge in [0.05, 0.1) is 17.0 Å². The summed E-state index contributed by atoms with van der Waals surface area (Å²) in [5, 5.41) is 0.0520. The fourth-order valence-electron chi connectivity index (χ4n) is 2.24. The lowest BCUT2D eigenvalue weighted by molar-refractivity contribution is 0.0771. The summed E-state index contributed by atoms with van der Waals surface area (Å²) in [5.41, 5.74) is 1.58. The van der Waals surface area contributed by atoms with E-state index in [9.17, 15) is 4.79 Å². The summed E-state index contributed by atoms with van der Waals surface area (Å²) in [6, 6.07) is 7.58. The Kier molecular flexibility index (Phi) is 2.26. The number of nitrogens with zero attached hydrogens (tertiary/aromatic N) is 1. The van der Waals surface area contributed by atoms with Gasteiger partial charge >= 0.3 is 0 Å². The van der Waals surface area contributed by atoms with Crippen LogP contribution in [0.15, 0.2) is 24.3 Å². The molecule has 0 saturated heterocycles. The molecule has 3 rings (SSSR count). The first-order valence-electron chi connectivity index (χ1n) is 5.31. The van der Waals surface area contributed by atoms with Crippen LogP contribution < -0.4 is 0 Å². The van der Waals surface area contributed by atoms with E-state index >= 15 is 0 Å². The number of halogens is 1. The zero-order valence-corrected chi connectivity index (χ0v) is 10.1. The van der Waals surface area contributed by atoms with E-state index in [1.54, 1.807) is 4.90 Å². The minimum atomic E-state index is 0.0101. The van der Waals surface area contributed by atoms with Crippen LogP contribution in [0.2, 0.25) is 0 Å². The Bertz CT molecular complexity index is 453. The predicted molar refractivity (Wildman–Crippen MR) is 67.0 cm³/mol. The van der Waals surface area contributed by atoms with Gasteiger partial charge in [-0.3, -0.25) is 9.69 Å². The third kappa shape index (κ3) is 1.25. The molecule has 2 aliphatic rings. The van der Waals surface area contributed by atoms with Gasteiger partial charge in [0.2, 0.25) is 0 Å². The van der Waals surface area contributed by atoms with E-state index in [0.717, 1.165) is 18.4 Å². The first-order chi connectivity index (χ1) is 7.70. The van der Waals surface area contributed by atoms with Gasteiger partial charge in [0, 0.05) is 5.56 Å². The van der Waals surface area contributed by atoms with Crippen molar-refractivity contribution in [1.82, 2.24) is 4.90 Å². The minimum Gasteiger partial charge on any atom is -0.294 e. The van der Waals surface area contributed by atoms with Crippen molar-refractivity contribution < 1.29 is 4.79 Å². The predicted octanol–water partition coefficient (Wildman–Crippen LogP) is 2.59. The summed E-state index contributed by atoms with van der Waals surface area (Å²) in [4.78, 5) is 14.5. The Morgan fingerprint density at radius 3 is 2.44 bits per heavy atom. The van der Waals surface area contributed by atoms with Crippen LogP contribution in [0.5, 0.6) is 0 Å². The standard InChI is InChI=1S/C12H10ClNOS/c13-9-5-6-10(9)14-11(15)7-3-1-2-4-8(7)12(14)16/h1-4,9-10H,5-6H2. The molecule has 1 saturated carbocycles. The summed E-state index contributed by atoms with van der Waals surface area (Å²) >= 11 is 11.5. The fraction of sp³-hybridized carbons (Fsp3) is 0.333. The number of hydrogen-bond donors (Lipinski definition) is 0. The first-order valence-corrected chi connectivity index (χ1v) is 6.15. The lowest BCUT2D eigenvalue weighted by atomic mass is 9.91. The van der Waals surface area contributed by atoms with Gasteiger partial charge in [-0.15, -0.1) is 11.6 Å². The van der Waals surface area contributed by atoms with Gasteiger partial charge < -0.3 is 0 Å². The molecule has 0 N–H and O–H groups in total. The van der Waals surface area contributed by atoms with Gasteiger partial charge in [-0.25, -0.2) is 0 Å². The highest BCUT2D eigenvalue weighted by Gasteiger charge is 2.43. The zero-order valence-electron chi connectivity index (χ0n) is 8.52. The van der Waals surface area contributed by atoms with Crippen molar-refractivity contribution in [3.8, 4) is 0 Å². The molecule has 1 aromatic rings. The molecule has 1 aliphatic heterocycles. The van der Waals surface area contributed by atoms with Gasteiger partial charge in [0.25, 0.3) is 5.91 Å². The molecular formula is C12H10ClNOS. The van der Waals surface area contributed by atoms with Crippen LogP contribution in [0.1, 0.15) is 28.8 Å². The summed E-state index contributed by atoms with van der Waals surface area (Å²) in [5.74, 6) is 0.0101. The highest BCUT2D eigenvalue weighted by atomic mass is 35.5. The number of thiocarbonyl (C=S) groups is 1. The molecule has 1 aromatic carbocycles.